The van der Waals surface area contributed by atoms with Crippen LogP contribution in [0.4, 0.5) is 0 Å². The molecule has 1 saturated carbocycles. The van der Waals surface area contributed by atoms with E-state index in [0.717, 1.165) is 18.6 Å². The van der Waals surface area contributed by atoms with Crippen molar-refractivity contribution in [2.24, 2.45) is 5.73 Å². The second kappa shape index (κ2) is 4.69. The second-order valence-corrected chi connectivity index (χ2v) is 6.03. The van der Waals surface area contributed by atoms with Gasteiger partial charge in [0.25, 0.3) is 0 Å². The molecule has 0 bridgehead atoms. The zero-order valence-electron chi connectivity index (χ0n) is 11.1. The Bertz CT molecular complexity index is 381. The number of nitrogens with two attached hydrogens (primary N) is 1. The molecule has 1 aliphatic carbocycles. The van der Waals surface area contributed by atoms with E-state index in [0.29, 0.717) is 0 Å². The van der Waals surface area contributed by atoms with Gasteiger partial charge >= 0.3 is 0 Å². The van der Waals surface area contributed by atoms with Crippen molar-refractivity contribution < 1.29 is 4.74 Å². The van der Waals surface area contributed by atoms with Crippen LogP contribution >= 0.6 is 0 Å². The Kier molecular flexibility index (Phi) is 3.43. The standard InChI is InChI=1S/C15H23NO/c1-15(2,3)11-6-4-7-12(10-11)17-14-9-5-8-13(14)16/h4,6-7,10,13-14H,5,8-9,16H2,1-3H3. The first-order valence-electron chi connectivity index (χ1n) is 6.49. The van der Waals surface area contributed by atoms with Gasteiger partial charge in [0.15, 0.2) is 0 Å². The normalized spacial score (nSPS) is 24.9. The van der Waals surface area contributed by atoms with Crippen LogP contribution in [0.25, 0.3) is 0 Å². The molecular weight excluding hydrogens is 210 g/mol. The van der Waals surface area contributed by atoms with E-state index in [2.05, 4.69) is 39.0 Å². The van der Waals surface area contributed by atoms with Crippen LogP contribution in [-0.2, 0) is 5.41 Å². The quantitative estimate of drug-likeness (QED) is 0.851. The molecule has 1 aromatic rings. The van der Waals surface area contributed by atoms with Crippen molar-refractivity contribution in [1.29, 1.82) is 0 Å². The van der Waals surface area contributed by atoms with Gasteiger partial charge in [0.05, 0.1) is 0 Å². The molecule has 1 aromatic carbocycles. The summed E-state index contributed by atoms with van der Waals surface area (Å²) in [6, 6.07) is 8.59. The average molecular weight is 233 g/mol. The zero-order valence-corrected chi connectivity index (χ0v) is 11.1. The van der Waals surface area contributed by atoms with Gasteiger partial charge < -0.3 is 10.5 Å². The summed E-state index contributed by atoms with van der Waals surface area (Å²) < 4.78 is 6.00. The SMILES string of the molecule is CC(C)(C)c1cccc(OC2CCCC2N)c1. The van der Waals surface area contributed by atoms with Gasteiger partial charge in [-0.3, -0.25) is 0 Å². The summed E-state index contributed by atoms with van der Waals surface area (Å²) in [6.07, 6.45) is 3.56. The summed E-state index contributed by atoms with van der Waals surface area (Å²) in [4.78, 5) is 0. The van der Waals surface area contributed by atoms with Crippen molar-refractivity contribution in [3.05, 3.63) is 29.8 Å². The molecule has 1 fully saturated rings. The minimum absolute atomic E-state index is 0.164. The van der Waals surface area contributed by atoms with Crippen LogP contribution in [0.2, 0.25) is 0 Å². The van der Waals surface area contributed by atoms with Gasteiger partial charge in [-0.1, -0.05) is 32.9 Å². The van der Waals surface area contributed by atoms with E-state index in [9.17, 15) is 0 Å². The topological polar surface area (TPSA) is 35.2 Å². The van der Waals surface area contributed by atoms with Crippen LogP contribution in [0.1, 0.15) is 45.6 Å². The Hall–Kier alpha value is -1.02. The summed E-state index contributed by atoms with van der Waals surface area (Å²) >= 11 is 0. The lowest BCUT2D eigenvalue weighted by atomic mass is 9.87. The van der Waals surface area contributed by atoms with Crippen molar-refractivity contribution in [2.45, 2.75) is 57.6 Å². The summed E-state index contributed by atoms with van der Waals surface area (Å²) in [5, 5.41) is 0. The first-order chi connectivity index (χ1) is 7.97. The van der Waals surface area contributed by atoms with Crippen LogP contribution < -0.4 is 10.5 Å². The van der Waals surface area contributed by atoms with Gasteiger partial charge in [-0.15, -0.1) is 0 Å². The molecule has 17 heavy (non-hydrogen) atoms. The van der Waals surface area contributed by atoms with E-state index in [-0.39, 0.29) is 17.6 Å². The van der Waals surface area contributed by atoms with Crippen LogP contribution in [0, 0.1) is 0 Å². The van der Waals surface area contributed by atoms with Gasteiger partial charge in [-0.05, 0) is 42.4 Å². The van der Waals surface area contributed by atoms with E-state index in [4.69, 9.17) is 10.5 Å². The highest BCUT2D eigenvalue weighted by Crippen LogP contribution is 2.28. The van der Waals surface area contributed by atoms with Gasteiger partial charge in [0, 0.05) is 6.04 Å². The molecule has 2 N–H and O–H groups in total. The Balaban J connectivity index is 2.11. The number of rotatable bonds is 2. The first kappa shape index (κ1) is 12.4. The lowest BCUT2D eigenvalue weighted by Gasteiger charge is -2.22. The molecule has 2 heteroatoms. The third-order valence-corrected chi connectivity index (χ3v) is 3.49. The second-order valence-electron chi connectivity index (χ2n) is 6.03. The Morgan fingerprint density at radius 3 is 2.59 bits per heavy atom. The maximum atomic E-state index is 6.03. The van der Waals surface area contributed by atoms with Gasteiger partial charge in [-0.25, -0.2) is 0 Å². The summed E-state index contributed by atoms with van der Waals surface area (Å²) in [7, 11) is 0. The average Bonchev–Trinajstić information content (AvgIpc) is 2.64. The van der Waals surface area contributed by atoms with Gasteiger partial charge in [0.2, 0.25) is 0 Å². The largest absolute Gasteiger partial charge is 0.489 e. The minimum atomic E-state index is 0.164. The maximum absolute atomic E-state index is 6.03. The molecule has 0 heterocycles. The van der Waals surface area contributed by atoms with Crippen LogP contribution in [0.5, 0.6) is 5.75 Å². The van der Waals surface area contributed by atoms with Crippen molar-refractivity contribution in [1.82, 2.24) is 0 Å². The van der Waals surface area contributed by atoms with Gasteiger partial charge in [-0.2, -0.15) is 0 Å². The van der Waals surface area contributed by atoms with Crippen molar-refractivity contribution >= 4 is 0 Å². The molecule has 2 nitrogen and oxygen atoms in total. The predicted molar refractivity (Wildman–Crippen MR) is 71.4 cm³/mol. The molecule has 94 valence electrons. The van der Waals surface area contributed by atoms with E-state index < -0.39 is 0 Å². The van der Waals surface area contributed by atoms with Crippen LogP contribution in [0.15, 0.2) is 24.3 Å². The van der Waals surface area contributed by atoms with Crippen LogP contribution in [-0.4, -0.2) is 12.1 Å². The van der Waals surface area contributed by atoms with Gasteiger partial charge in [0.1, 0.15) is 11.9 Å². The first-order valence-corrected chi connectivity index (χ1v) is 6.49. The molecule has 2 unspecified atom stereocenters. The summed E-state index contributed by atoms with van der Waals surface area (Å²) in [5.41, 5.74) is 7.50. The fourth-order valence-corrected chi connectivity index (χ4v) is 2.31. The highest BCUT2D eigenvalue weighted by Gasteiger charge is 2.25. The van der Waals surface area contributed by atoms with Crippen molar-refractivity contribution in [3.8, 4) is 5.75 Å². The molecule has 0 aliphatic heterocycles. The smallest absolute Gasteiger partial charge is 0.120 e. The molecular formula is C15H23NO. The fraction of sp³-hybridized carbons (Fsp3) is 0.600. The highest BCUT2D eigenvalue weighted by atomic mass is 16.5. The fourth-order valence-electron chi connectivity index (χ4n) is 2.31. The molecule has 1 aliphatic rings. The summed E-state index contributed by atoms with van der Waals surface area (Å²) in [5.74, 6) is 0.958. The van der Waals surface area contributed by atoms with E-state index in [1.807, 2.05) is 6.07 Å². The number of hydrogen-bond donors (Lipinski definition) is 1. The molecule has 0 saturated heterocycles. The predicted octanol–water partition coefficient (Wildman–Crippen LogP) is 3.24. The maximum Gasteiger partial charge on any atom is 0.120 e. The van der Waals surface area contributed by atoms with E-state index in [1.54, 1.807) is 0 Å². The Morgan fingerprint density at radius 1 is 1.24 bits per heavy atom. The van der Waals surface area contributed by atoms with E-state index in [1.165, 1.54) is 12.0 Å². The lowest BCUT2D eigenvalue weighted by Crippen LogP contribution is -2.33. The van der Waals surface area contributed by atoms with E-state index >= 15 is 0 Å². The Labute approximate surface area is 104 Å². The highest BCUT2D eigenvalue weighted by molar-refractivity contribution is 5.32. The molecule has 0 aromatic heterocycles. The molecule has 0 spiro atoms. The third-order valence-electron chi connectivity index (χ3n) is 3.49. The number of benzene rings is 1. The van der Waals surface area contributed by atoms with Crippen LogP contribution in [0.3, 0.4) is 0 Å². The minimum Gasteiger partial charge on any atom is -0.489 e. The third kappa shape index (κ3) is 3.01. The summed E-state index contributed by atoms with van der Waals surface area (Å²) in [6.45, 7) is 6.65. The van der Waals surface area contributed by atoms with Crippen molar-refractivity contribution in [3.63, 3.8) is 0 Å². The lowest BCUT2D eigenvalue weighted by molar-refractivity contribution is 0.191. The number of hydrogen-bond acceptors (Lipinski definition) is 2. The molecule has 0 radical (unpaired) electrons. The molecule has 2 atom stereocenters. The Morgan fingerprint density at radius 2 is 2.00 bits per heavy atom. The van der Waals surface area contributed by atoms with Crippen molar-refractivity contribution in [2.75, 3.05) is 0 Å². The molecule has 2 rings (SSSR count). The molecule has 0 amide bonds. The monoisotopic (exact) mass is 233 g/mol. The number of ether oxygens (including phenoxy) is 1. The zero-order chi connectivity index (χ0) is 12.5.